The van der Waals surface area contributed by atoms with Crippen molar-refractivity contribution in [1.82, 2.24) is 25.4 Å². The highest BCUT2D eigenvalue weighted by atomic mass is 16.5. The molecule has 6 nitrogen and oxygen atoms in total. The third-order valence-electron chi connectivity index (χ3n) is 3.09. The van der Waals surface area contributed by atoms with Crippen molar-refractivity contribution in [3.05, 3.63) is 24.5 Å². The minimum absolute atomic E-state index is 0.304. The van der Waals surface area contributed by atoms with Gasteiger partial charge in [-0.05, 0) is 18.5 Å². The Balaban J connectivity index is 1.88. The molecule has 3 rings (SSSR count). The summed E-state index contributed by atoms with van der Waals surface area (Å²) in [6.45, 7) is 4.07. The summed E-state index contributed by atoms with van der Waals surface area (Å²) in [5, 5.41) is 7.28. The molecule has 0 saturated carbocycles. The molecule has 0 bridgehead atoms. The molecule has 3 heterocycles. The van der Waals surface area contributed by atoms with E-state index in [9.17, 15) is 0 Å². The van der Waals surface area contributed by atoms with Gasteiger partial charge in [0.05, 0.1) is 5.92 Å². The van der Waals surface area contributed by atoms with Crippen LogP contribution in [0.25, 0.3) is 11.5 Å². The van der Waals surface area contributed by atoms with Crippen molar-refractivity contribution in [2.75, 3.05) is 13.1 Å². The molecule has 2 aromatic rings. The topological polar surface area (TPSA) is 76.7 Å². The monoisotopic (exact) mass is 231 g/mol. The fourth-order valence-electron chi connectivity index (χ4n) is 2.05. The molecular formula is C11H13N5O. The van der Waals surface area contributed by atoms with Gasteiger partial charge >= 0.3 is 0 Å². The van der Waals surface area contributed by atoms with Crippen LogP contribution in [0.2, 0.25) is 0 Å². The number of nitrogens with one attached hydrogen (secondary N) is 1. The average Bonchev–Trinajstić information content (AvgIpc) is 2.98. The van der Waals surface area contributed by atoms with Crippen molar-refractivity contribution in [1.29, 1.82) is 0 Å². The second-order valence-electron chi connectivity index (χ2n) is 4.29. The molecule has 0 spiro atoms. The lowest BCUT2D eigenvalue weighted by molar-refractivity contribution is 0.340. The maximum Gasteiger partial charge on any atom is 0.231 e. The first-order valence-electron chi connectivity index (χ1n) is 5.65. The Morgan fingerprint density at radius 1 is 1.41 bits per heavy atom. The lowest BCUT2D eigenvalue weighted by Gasteiger charge is -2.07. The molecule has 1 aliphatic rings. The highest BCUT2D eigenvalue weighted by molar-refractivity contribution is 5.46. The smallest absolute Gasteiger partial charge is 0.231 e. The summed E-state index contributed by atoms with van der Waals surface area (Å²) in [5.41, 5.74) is 0.689. The van der Waals surface area contributed by atoms with Crippen LogP contribution in [-0.4, -0.2) is 33.2 Å². The van der Waals surface area contributed by atoms with E-state index in [2.05, 4.69) is 32.3 Å². The largest absolute Gasteiger partial charge is 0.339 e. The van der Waals surface area contributed by atoms with Gasteiger partial charge in [-0.15, -0.1) is 0 Å². The van der Waals surface area contributed by atoms with Gasteiger partial charge in [-0.1, -0.05) is 12.1 Å². The van der Waals surface area contributed by atoms with Gasteiger partial charge in [0.1, 0.15) is 12.0 Å². The van der Waals surface area contributed by atoms with Crippen LogP contribution in [0.3, 0.4) is 0 Å². The van der Waals surface area contributed by atoms with Crippen molar-refractivity contribution >= 4 is 0 Å². The lowest BCUT2D eigenvalue weighted by Crippen LogP contribution is -2.08. The predicted molar refractivity (Wildman–Crippen MR) is 60.1 cm³/mol. The average molecular weight is 231 g/mol. The molecule has 2 aromatic heterocycles. The molecule has 1 fully saturated rings. The van der Waals surface area contributed by atoms with Crippen molar-refractivity contribution < 1.29 is 4.52 Å². The van der Waals surface area contributed by atoms with Gasteiger partial charge in [-0.3, -0.25) is 0 Å². The Morgan fingerprint density at radius 2 is 2.35 bits per heavy atom. The third-order valence-corrected chi connectivity index (χ3v) is 3.09. The molecule has 0 amide bonds. The lowest BCUT2D eigenvalue weighted by atomic mass is 9.98. The highest BCUT2D eigenvalue weighted by Gasteiger charge is 2.29. The predicted octanol–water partition coefficient (Wildman–Crippen LogP) is 0.849. The molecule has 1 aliphatic heterocycles. The number of rotatable bonds is 2. The molecule has 0 aliphatic carbocycles. The van der Waals surface area contributed by atoms with Crippen LogP contribution < -0.4 is 5.32 Å². The zero-order valence-electron chi connectivity index (χ0n) is 9.50. The van der Waals surface area contributed by atoms with E-state index >= 15 is 0 Å². The Kier molecular flexibility index (Phi) is 2.56. The number of hydrogen-bond donors (Lipinski definition) is 1. The Bertz CT molecular complexity index is 498. The van der Waals surface area contributed by atoms with Gasteiger partial charge in [0.25, 0.3) is 0 Å². The fourth-order valence-corrected chi connectivity index (χ4v) is 2.05. The molecule has 1 saturated heterocycles. The summed E-state index contributed by atoms with van der Waals surface area (Å²) in [4.78, 5) is 12.4. The van der Waals surface area contributed by atoms with Gasteiger partial charge in [0, 0.05) is 12.7 Å². The molecule has 88 valence electrons. The Hall–Kier alpha value is -1.82. The van der Waals surface area contributed by atoms with E-state index in [1.165, 1.54) is 6.33 Å². The minimum atomic E-state index is 0.304. The third kappa shape index (κ3) is 1.91. The van der Waals surface area contributed by atoms with E-state index in [0.717, 1.165) is 13.1 Å². The quantitative estimate of drug-likeness (QED) is 0.825. The molecule has 2 atom stereocenters. The van der Waals surface area contributed by atoms with Crippen LogP contribution in [0.1, 0.15) is 18.7 Å². The number of nitrogens with zero attached hydrogens (tertiary/aromatic N) is 4. The van der Waals surface area contributed by atoms with Gasteiger partial charge < -0.3 is 9.84 Å². The van der Waals surface area contributed by atoms with Crippen molar-refractivity contribution in [2.24, 2.45) is 5.92 Å². The van der Waals surface area contributed by atoms with Gasteiger partial charge in [0.15, 0.2) is 0 Å². The summed E-state index contributed by atoms with van der Waals surface area (Å²) in [6.07, 6.45) is 3.14. The number of aromatic nitrogens is 4. The van der Waals surface area contributed by atoms with Crippen molar-refractivity contribution in [2.45, 2.75) is 12.8 Å². The van der Waals surface area contributed by atoms with Gasteiger partial charge in [-0.2, -0.15) is 4.98 Å². The molecule has 2 unspecified atom stereocenters. The molecular weight excluding hydrogens is 218 g/mol. The summed E-state index contributed by atoms with van der Waals surface area (Å²) < 4.78 is 5.31. The van der Waals surface area contributed by atoms with Gasteiger partial charge in [-0.25, -0.2) is 9.97 Å². The highest BCUT2D eigenvalue weighted by Crippen LogP contribution is 2.27. The van der Waals surface area contributed by atoms with Crippen LogP contribution in [0.15, 0.2) is 23.1 Å². The van der Waals surface area contributed by atoms with Crippen molar-refractivity contribution in [3.63, 3.8) is 0 Å². The molecule has 1 N–H and O–H groups in total. The SMILES string of the molecule is CC1CNCC1c1nc(-c2ccncn2)no1. The second kappa shape index (κ2) is 4.21. The second-order valence-corrected chi connectivity index (χ2v) is 4.29. The fraction of sp³-hybridized carbons (Fsp3) is 0.455. The van der Waals surface area contributed by atoms with E-state index in [4.69, 9.17) is 4.52 Å². The first kappa shape index (κ1) is 10.3. The first-order chi connectivity index (χ1) is 8.34. The van der Waals surface area contributed by atoms with Crippen LogP contribution >= 0.6 is 0 Å². The standard InChI is InChI=1S/C11H13N5O/c1-7-4-13-5-8(7)11-15-10(16-17-11)9-2-3-12-6-14-9/h2-3,6-8,13H,4-5H2,1H3. The van der Waals surface area contributed by atoms with Crippen LogP contribution in [0.4, 0.5) is 0 Å². The number of hydrogen-bond acceptors (Lipinski definition) is 6. The van der Waals surface area contributed by atoms with E-state index in [-0.39, 0.29) is 0 Å². The summed E-state index contributed by atoms with van der Waals surface area (Å²) in [7, 11) is 0. The minimum Gasteiger partial charge on any atom is -0.339 e. The normalized spacial score (nSPS) is 24.1. The zero-order valence-corrected chi connectivity index (χ0v) is 9.50. The van der Waals surface area contributed by atoms with E-state index < -0.39 is 0 Å². The first-order valence-corrected chi connectivity index (χ1v) is 5.65. The summed E-state index contributed by atoms with van der Waals surface area (Å²) in [5.74, 6) is 2.05. The Morgan fingerprint density at radius 3 is 3.06 bits per heavy atom. The molecule has 17 heavy (non-hydrogen) atoms. The van der Waals surface area contributed by atoms with Crippen LogP contribution in [0, 0.1) is 5.92 Å². The maximum absolute atomic E-state index is 5.31. The van der Waals surface area contributed by atoms with Crippen LogP contribution in [0.5, 0.6) is 0 Å². The molecule has 0 aromatic carbocycles. The van der Waals surface area contributed by atoms with Gasteiger partial charge in [0.2, 0.25) is 11.7 Å². The van der Waals surface area contributed by atoms with Crippen molar-refractivity contribution in [3.8, 4) is 11.5 Å². The summed E-state index contributed by atoms with van der Waals surface area (Å²) in [6, 6.07) is 1.77. The Labute approximate surface area is 98.5 Å². The van der Waals surface area contributed by atoms with E-state index in [1.54, 1.807) is 12.3 Å². The molecule has 6 heteroatoms. The van der Waals surface area contributed by atoms with Crippen LogP contribution in [-0.2, 0) is 0 Å². The van der Waals surface area contributed by atoms with E-state index in [0.29, 0.717) is 29.2 Å². The maximum atomic E-state index is 5.31. The van der Waals surface area contributed by atoms with E-state index in [1.807, 2.05) is 0 Å². The zero-order chi connectivity index (χ0) is 11.7. The molecule has 0 radical (unpaired) electrons. The summed E-state index contributed by atoms with van der Waals surface area (Å²) >= 11 is 0.